The highest BCUT2D eigenvalue weighted by Gasteiger charge is 2.05. The number of amides is 1. The highest BCUT2D eigenvalue weighted by Crippen LogP contribution is 2.03. The fourth-order valence-electron chi connectivity index (χ4n) is 0.466. The molecule has 4 nitrogen and oxygen atoms in total. The van der Waals surface area contributed by atoms with Crippen LogP contribution in [0, 0.1) is 0 Å². The van der Waals surface area contributed by atoms with Gasteiger partial charge in [0.1, 0.15) is 5.76 Å². The summed E-state index contributed by atoms with van der Waals surface area (Å²) in [6, 6.07) is 0. The molecule has 0 rings (SSSR count). The molecule has 0 aromatic heterocycles. The van der Waals surface area contributed by atoms with E-state index in [2.05, 4.69) is 4.74 Å². The molecule has 0 saturated heterocycles. The van der Waals surface area contributed by atoms with Crippen molar-refractivity contribution < 1.29 is 14.3 Å². The molecule has 1 amide bonds. The zero-order chi connectivity index (χ0) is 9.02. The highest BCUT2D eigenvalue weighted by atomic mass is 16.5. The molecule has 0 heterocycles. The summed E-state index contributed by atoms with van der Waals surface area (Å²) in [6.07, 6.45) is 0. The number of ether oxygens (including phenoxy) is 1. The Morgan fingerprint density at radius 1 is 1.18 bits per heavy atom. The molecule has 62 valence electrons. The van der Waals surface area contributed by atoms with E-state index in [9.17, 15) is 9.59 Å². The first-order chi connectivity index (χ1) is 4.95. The Labute approximate surface area is 65.0 Å². The standard InChI is InChI=1S/C7H11NO3/c1-4(7(8)10)5(2)11-6(3)9/h1-3H3,(H2,8,10). The molecule has 4 heteroatoms. The normalized spacial score (nSPS) is 11.9. The molecule has 0 aliphatic rings. The van der Waals surface area contributed by atoms with E-state index in [0.717, 1.165) is 0 Å². The number of carbonyl (C=O) groups excluding carboxylic acids is 2. The second kappa shape index (κ2) is 3.75. The third-order valence-corrected chi connectivity index (χ3v) is 1.19. The second-order valence-electron chi connectivity index (χ2n) is 2.14. The average Bonchev–Trinajstić information content (AvgIpc) is 1.84. The van der Waals surface area contributed by atoms with Crippen molar-refractivity contribution in [2.24, 2.45) is 5.73 Å². The largest absolute Gasteiger partial charge is 0.431 e. The monoisotopic (exact) mass is 157 g/mol. The molecule has 0 aromatic rings. The quantitative estimate of drug-likeness (QED) is 0.356. The molecule has 11 heavy (non-hydrogen) atoms. The van der Waals surface area contributed by atoms with Crippen molar-refractivity contribution in [1.29, 1.82) is 0 Å². The Morgan fingerprint density at radius 3 is 1.91 bits per heavy atom. The van der Waals surface area contributed by atoms with Crippen molar-refractivity contribution in [2.75, 3.05) is 0 Å². The Morgan fingerprint density at radius 2 is 1.64 bits per heavy atom. The van der Waals surface area contributed by atoms with E-state index in [1.807, 2.05) is 0 Å². The second-order valence-corrected chi connectivity index (χ2v) is 2.14. The lowest BCUT2D eigenvalue weighted by Gasteiger charge is -2.02. The zero-order valence-electron chi connectivity index (χ0n) is 6.80. The molecule has 0 fully saturated rings. The van der Waals surface area contributed by atoms with E-state index in [-0.39, 0.29) is 11.3 Å². The van der Waals surface area contributed by atoms with Gasteiger partial charge in [-0.3, -0.25) is 9.59 Å². The van der Waals surface area contributed by atoms with Crippen molar-refractivity contribution in [3.8, 4) is 0 Å². The predicted molar refractivity (Wildman–Crippen MR) is 39.3 cm³/mol. The van der Waals surface area contributed by atoms with Crippen LogP contribution in [0.4, 0.5) is 0 Å². The minimum absolute atomic E-state index is 0.255. The molecule has 0 aromatic carbocycles. The van der Waals surface area contributed by atoms with Gasteiger partial charge in [-0.25, -0.2) is 0 Å². The van der Waals surface area contributed by atoms with Crippen LogP contribution in [-0.2, 0) is 14.3 Å². The summed E-state index contributed by atoms with van der Waals surface area (Å²) in [5.74, 6) is -0.781. The predicted octanol–water partition coefficient (Wildman–Crippen LogP) is 0.329. The van der Waals surface area contributed by atoms with Crippen LogP contribution in [0.15, 0.2) is 11.3 Å². The third-order valence-electron chi connectivity index (χ3n) is 1.19. The number of esters is 1. The van der Waals surface area contributed by atoms with Crippen LogP contribution in [0.3, 0.4) is 0 Å². The molecule has 0 spiro atoms. The van der Waals surface area contributed by atoms with E-state index in [1.165, 1.54) is 20.8 Å². The lowest BCUT2D eigenvalue weighted by molar-refractivity contribution is -0.136. The molecule has 0 aliphatic heterocycles. The molecular formula is C7H11NO3. The maximum atomic E-state index is 10.5. The molecular weight excluding hydrogens is 146 g/mol. The van der Waals surface area contributed by atoms with Gasteiger partial charge in [0.25, 0.3) is 0 Å². The molecule has 0 radical (unpaired) electrons. The molecule has 0 unspecified atom stereocenters. The first kappa shape index (κ1) is 9.68. The summed E-state index contributed by atoms with van der Waals surface area (Å²) in [5, 5.41) is 0. The van der Waals surface area contributed by atoms with Crippen LogP contribution in [0.25, 0.3) is 0 Å². The van der Waals surface area contributed by atoms with Crippen LogP contribution in [0.5, 0.6) is 0 Å². The van der Waals surface area contributed by atoms with Crippen molar-refractivity contribution in [1.82, 2.24) is 0 Å². The highest BCUT2D eigenvalue weighted by molar-refractivity contribution is 5.92. The number of hydrogen-bond acceptors (Lipinski definition) is 3. The first-order valence-electron chi connectivity index (χ1n) is 3.11. The number of primary amides is 1. The van der Waals surface area contributed by atoms with Gasteiger partial charge in [0.05, 0.1) is 5.57 Å². The van der Waals surface area contributed by atoms with E-state index >= 15 is 0 Å². The van der Waals surface area contributed by atoms with Gasteiger partial charge in [-0.1, -0.05) is 0 Å². The van der Waals surface area contributed by atoms with Gasteiger partial charge in [-0.05, 0) is 13.8 Å². The summed E-state index contributed by atoms with van der Waals surface area (Å²) in [5.41, 5.74) is 5.19. The Balaban J connectivity index is 4.40. The van der Waals surface area contributed by atoms with Gasteiger partial charge < -0.3 is 10.5 Å². The smallest absolute Gasteiger partial charge is 0.307 e. The van der Waals surface area contributed by atoms with Crippen LogP contribution in [0.1, 0.15) is 20.8 Å². The summed E-state index contributed by atoms with van der Waals surface area (Å²) < 4.78 is 4.61. The van der Waals surface area contributed by atoms with Gasteiger partial charge in [-0.15, -0.1) is 0 Å². The third kappa shape index (κ3) is 3.40. The number of nitrogens with two attached hydrogens (primary N) is 1. The fourth-order valence-corrected chi connectivity index (χ4v) is 0.466. The van der Waals surface area contributed by atoms with Crippen molar-refractivity contribution in [3.63, 3.8) is 0 Å². The topological polar surface area (TPSA) is 69.4 Å². The summed E-state index contributed by atoms with van der Waals surface area (Å²) >= 11 is 0. The van der Waals surface area contributed by atoms with E-state index in [4.69, 9.17) is 5.73 Å². The van der Waals surface area contributed by atoms with Crippen LogP contribution < -0.4 is 5.73 Å². The summed E-state index contributed by atoms with van der Waals surface area (Å²) in [4.78, 5) is 20.9. The van der Waals surface area contributed by atoms with Gasteiger partial charge in [-0.2, -0.15) is 0 Å². The Hall–Kier alpha value is -1.32. The Bertz CT molecular complexity index is 218. The van der Waals surface area contributed by atoms with Crippen molar-refractivity contribution in [2.45, 2.75) is 20.8 Å². The molecule has 0 saturated carbocycles. The maximum absolute atomic E-state index is 10.5. The van der Waals surface area contributed by atoms with Gasteiger partial charge in [0, 0.05) is 6.92 Å². The van der Waals surface area contributed by atoms with Crippen molar-refractivity contribution >= 4 is 11.9 Å². The number of carbonyl (C=O) groups is 2. The maximum Gasteiger partial charge on any atom is 0.307 e. The zero-order valence-corrected chi connectivity index (χ0v) is 6.80. The van der Waals surface area contributed by atoms with Gasteiger partial charge >= 0.3 is 5.97 Å². The first-order valence-corrected chi connectivity index (χ1v) is 3.11. The van der Waals surface area contributed by atoms with E-state index < -0.39 is 11.9 Å². The number of rotatable bonds is 2. The van der Waals surface area contributed by atoms with Crippen LogP contribution >= 0.6 is 0 Å². The van der Waals surface area contributed by atoms with Crippen molar-refractivity contribution in [3.05, 3.63) is 11.3 Å². The minimum atomic E-state index is -0.580. The Kier molecular flexibility index (Phi) is 3.30. The van der Waals surface area contributed by atoms with E-state index in [0.29, 0.717) is 0 Å². The minimum Gasteiger partial charge on any atom is -0.431 e. The van der Waals surface area contributed by atoms with Gasteiger partial charge in [0.2, 0.25) is 5.91 Å². The lowest BCUT2D eigenvalue weighted by Crippen LogP contribution is -2.14. The number of hydrogen-bond donors (Lipinski definition) is 1. The van der Waals surface area contributed by atoms with Gasteiger partial charge in [0.15, 0.2) is 0 Å². The molecule has 0 aliphatic carbocycles. The SMILES string of the molecule is CC(=O)OC(C)=C(C)C(N)=O. The summed E-state index contributed by atoms with van der Waals surface area (Å²) in [6.45, 7) is 4.28. The molecule has 2 N–H and O–H groups in total. The lowest BCUT2D eigenvalue weighted by atomic mass is 10.2. The number of allylic oxidation sites excluding steroid dienone is 1. The average molecular weight is 157 g/mol. The van der Waals surface area contributed by atoms with E-state index in [1.54, 1.807) is 0 Å². The van der Waals surface area contributed by atoms with Crippen LogP contribution in [-0.4, -0.2) is 11.9 Å². The molecule has 0 bridgehead atoms. The summed E-state index contributed by atoms with van der Waals surface area (Å²) in [7, 11) is 0. The van der Waals surface area contributed by atoms with Crippen LogP contribution in [0.2, 0.25) is 0 Å². The fraction of sp³-hybridized carbons (Fsp3) is 0.429. The molecule has 0 atom stereocenters.